The molecular weight excluding hydrogens is 192 g/mol. The van der Waals surface area contributed by atoms with E-state index in [2.05, 4.69) is 6.92 Å². The third-order valence-electron chi connectivity index (χ3n) is 2.99. The Morgan fingerprint density at radius 1 is 1.13 bits per heavy atom. The third kappa shape index (κ3) is 3.82. The maximum absolute atomic E-state index is 11.1. The summed E-state index contributed by atoms with van der Waals surface area (Å²) in [5, 5.41) is 19.2. The molecule has 0 bridgehead atoms. The minimum absolute atomic E-state index is 0.339. The van der Waals surface area contributed by atoms with Gasteiger partial charge < -0.3 is 10.2 Å². The first-order valence-electron chi connectivity index (χ1n) is 5.71. The molecule has 0 aromatic rings. The van der Waals surface area contributed by atoms with Crippen LogP contribution in [-0.2, 0) is 4.79 Å². The van der Waals surface area contributed by atoms with Gasteiger partial charge >= 0.3 is 5.97 Å². The average Bonchev–Trinajstić information content (AvgIpc) is 2.09. The Morgan fingerprint density at radius 3 is 2.00 bits per heavy atom. The molecule has 1 unspecified atom stereocenters. The molecule has 0 saturated carbocycles. The molecule has 2 N–H and O–H groups in total. The molecule has 0 heterocycles. The van der Waals surface area contributed by atoms with Crippen molar-refractivity contribution in [1.82, 2.24) is 0 Å². The number of hydrogen-bond acceptors (Lipinski definition) is 2. The van der Waals surface area contributed by atoms with E-state index in [-0.39, 0.29) is 0 Å². The van der Waals surface area contributed by atoms with Crippen LogP contribution >= 0.6 is 0 Å². The van der Waals surface area contributed by atoms with E-state index in [4.69, 9.17) is 5.11 Å². The Labute approximate surface area is 92.5 Å². The maximum atomic E-state index is 11.1. The lowest BCUT2D eigenvalue weighted by Gasteiger charge is -2.36. The molecule has 3 nitrogen and oxygen atoms in total. The highest BCUT2D eigenvalue weighted by molar-refractivity contribution is 5.78. The van der Waals surface area contributed by atoms with Crippen LogP contribution in [0.3, 0.4) is 0 Å². The number of carboxylic acids is 1. The van der Waals surface area contributed by atoms with E-state index in [1.807, 2.05) is 0 Å². The summed E-state index contributed by atoms with van der Waals surface area (Å²) < 4.78 is 0. The molecule has 1 atom stereocenters. The van der Waals surface area contributed by atoms with Crippen LogP contribution in [0.5, 0.6) is 0 Å². The summed E-state index contributed by atoms with van der Waals surface area (Å²) in [5.74, 6) is -1.11. The molecule has 0 aliphatic carbocycles. The molecule has 90 valence electrons. The summed E-state index contributed by atoms with van der Waals surface area (Å²) in [7, 11) is 0. The Balaban J connectivity index is 4.35. The first-order valence-corrected chi connectivity index (χ1v) is 5.71. The van der Waals surface area contributed by atoms with E-state index >= 15 is 0 Å². The van der Waals surface area contributed by atoms with Gasteiger partial charge in [0.25, 0.3) is 0 Å². The zero-order valence-electron chi connectivity index (χ0n) is 10.3. The van der Waals surface area contributed by atoms with Crippen LogP contribution < -0.4 is 0 Å². The Kier molecular flexibility index (Phi) is 5.29. The SMILES string of the molecule is CCCCCCC(O)(C(=O)O)C(C)(C)C. The van der Waals surface area contributed by atoms with Crippen molar-refractivity contribution in [1.29, 1.82) is 0 Å². The quantitative estimate of drug-likeness (QED) is 0.671. The van der Waals surface area contributed by atoms with Gasteiger partial charge in [-0.2, -0.15) is 0 Å². The number of carbonyl (C=O) groups is 1. The van der Waals surface area contributed by atoms with Gasteiger partial charge in [-0.05, 0) is 12.8 Å². The van der Waals surface area contributed by atoms with Crippen molar-refractivity contribution in [3.8, 4) is 0 Å². The summed E-state index contributed by atoms with van der Waals surface area (Å²) in [6.07, 6.45) is 4.31. The van der Waals surface area contributed by atoms with E-state index in [1.54, 1.807) is 20.8 Å². The van der Waals surface area contributed by atoms with Gasteiger partial charge in [0.15, 0.2) is 5.60 Å². The largest absolute Gasteiger partial charge is 0.479 e. The van der Waals surface area contributed by atoms with Crippen molar-refractivity contribution in [3.63, 3.8) is 0 Å². The molecular formula is C12H24O3. The van der Waals surface area contributed by atoms with Crippen molar-refractivity contribution < 1.29 is 15.0 Å². The summed E-state index contributed by atoms with van der Waals surface area (Å²) in [6.45, 7) is 7.40. The van der Waals surface area contributed by atoms with Crippen molar-refractivity contribution in [2.24, 2.45) is 5.41 Å². The summed E-state index contributed by atoms with van der Waals surface area (Å²) in [6, 6.07) is 0. The fraction of sp³-hybridized carbons (Fsp3) is 0.917. The number of rotatable bonds is 6. The second-order valence-corrected chi connectivity index (χ2v) is 5.23. The van der Waals surface area contributed by atoms with Crippen LogP contribution in [0.25, 0.3) is 0 Å². The fourth-order valence-corrected chi connectivity index (χ4v) is 1.61. The zero-order chi connectivity index (χ0) is 12.1. The lowest BCUT2D eigenvalue weighted by atomic mass is 9.73. The van der Waals surface area contributed by atoms with Crippen LogP contribution in [0.15, 0.2) is 0 Å². The van der Waals surface area contributed by atoms with E-state index in [1.165, 1.54) is 0 Å². The van der Waals surface area contributed by atoms with Gasteiger partial charge in [0.1, 0.15) is 0 Å². The predicted octanol–water partition coefficient (Wildman–Crippen LogP) is 2.82. The normalized spacial score (nSPS) is 16.1. The number of aliphatic carboxylic acids is 1. The van der Waals surface area contributed by atoms with Crippen molar-refractivity contribution in [2.45, 2.75) is 65.4 Å². The highest BCUT2D eigenvalue weighted by atomic mass is 16.4. The average molecular weight is 216 g/mol. The van der Waals surface area contributed by atoms with Crippen LogP contribution in [0.4, 0.5) is 0 Å². The van der Waals surface area contributed by atoms with Gasteiger partial charge in [0.2, 0.25) is 0 Å². The van der Waals surface area contributed by atoms with Crippen molar-refractivity contribution in [2.75, 3.05) is 0 Å². The number of aliphatic hydroxyl groups is 1. The minimum Gasteiger partial charge on any atom is -0.479 e. The van der Waals surface area contributed by atoms with Gasteiger partial charge in [-0.25, -0.2) is 4.79 Å². The number of hydrogen-bond donors (Lipinski definition) is 2. The fourth-order valence-electron chi connectivity index (χ4n) is 1.61. The molecule has 0 aliphatic rings. The minimum atomic E-state index is -1.60. The summed E-state index contributed by atoms with van der Waals surface area (Å²) in [5.41, 5.74) is -2.22. The van der Waals surface area contributed by atoms with E-state index < -0.39 is 17.0 Å². The third-order valence-corrected chi connectivity index (χ3v) is 2.99. The smallest absolute Gasteiger partial charge is 0.336 e. The topological polar surface area (TPSA) is 57.5 Å². The zero-order valence-corrected chi connectivity index (χ0v) is 10.3. The second kappa shape index (κ2) is 5.50. The predicted molar refractivity (Wildman–Crippen MR) is 60.8 cm³/mol. The Hall–Kier alpha value is -0.570. The molecule has 0 spiro atoms. The molecule has 0 rings (SSSR count). The molecule has 0 radical (unpaired) electrons. The molecule has 15 heavy (non-hydrogen) atoms. The van der Waals surface area contributed by atoms with Crippen LogP contribution in [0.1, 0.15) is 59.8 Å². The maximum Gasteiger partial charge on any atom is 0.336 e. The number of carboxylic acid groups (broad SMARTS) is 1. The van der Waals surface area contributed by atoms with Gasteiger partial charge in [-0.1, -0.05) is 47.0 Å². The Bertz CT molecular complexity index is 205. The van der Waals surface area contributed by atoms with Gasteiger partial charge in [-0.3, -0.25) is 0 Å². The highest BCUT2D eigenvalue weighted by Crippen LogP contribution is 2.35. The molecule has 0 amide bonds. The standard InChI is InChI=1S/C12H24O3/c1-5-6-7-8-9-12(15,10(13)14)11(2,3)4/h15H,5-9H2,1-4H3,(H,13,14). The highest BCUT2D eigenvalue weighted by Gasteiger charge is 2.46. The van der Waals surface area contributed by atoms with Gasteiger partial charge in [0.05, 0.1) is 0 Å². The molecule has 3 heteroatoms. The first kappa shape index (κ1) is 14.4. The summed E-state index contributed by atoms with van der Waals surface area (Å²) >= 11 is 0. The molecule has 0 aliphatic heterocycles. The summed E-state index contributed by atoms with van der Waals surface area (Å²) in [4.78, 5) is 11.1. The van der Waals surface area contributed by atoms with Crippen LogP contribution in [0.2, 0.25) is 0 Å². The lowest BCUT2D eigenvalue weighted by Crippen LogP contribution is -2.49. The molecule has 0 aromatic carbocycles. The number of unbranched alkanes of at least 4 members (excludes halogenated alkanes) is 3. The monoisotopic (exact) mass is 216 g/mol. The molecule has 0 aromatic heterocycles. The first-order chi connectivity index (χ1) is 6.75. The van der Waals surface area contributed by atoms with Crippen molar-refractivity contribution >= 4 is 5.97 Å². The second-order valence-electron chi connectivity index (χ2n) is 5.23. The van der Waals surface area contributed by atoms with E-state index in [0.29, 0.717) is 6.42 Å². The van der Waals surface area contributed by atoms with E-state index in [9.17, 15) is 9.90 Å². The molecule has 0 fully saturated rings. The van der Waals surface area contributed by atoms with Crippen LogP contribution in [-0.4, -0.2) is 21.8 Å². The van der Waals surface area contributed by atoms with Crippen molar-refractivity contribution in [3.05, 3.63) is 0 Å². The Morgan fingerprint density at radius 2 is 1.67 bits per heavy atom. The van der Waals surface area contributed by atoms with Gasteiger partial charge in [-0.15, -0.1) is 0 Å². The molecule has 0 saturated heterocycles. The lowest BCUT2D eigenvalue weighted by molar-refractivity contribution is -0.172. The van der Waals surface area contributed by atoms with Gasteiger partial charge in [0, 0.05) is 5.41 Å². The van der Waals surface area contributed by atoms with Crippen LogP contribution in [0, 0.1) is 5.41 Å². The van der Waals surface area contributed by atoms with E-state index in [0.717, 1.165) is 25.7 Å².